The second-order valence-corrected chi connectivity index (χ2v) is 9.14. The molecule has 3 rings (SSSR count). The zero-order valence-electron chi connectivity index (χ0n) is 14.3. The van der Waals surface area contributed by atoms with Gasteiger partial charge in [-0.25, -0.2) is 8.42 Å². The van der Waals surface area contributed by atoms with Crippen molar-refractivity contribution in [3.8, 4) is 0 Å². The molecule has 138 valence electrons. The number of piperidine rings is 1. The molecule has 1 atom stereocenters. The third-order valence-electron chi connectivity index (χ3n) is 4.47. The van der Waals surface area contributed by atoms with Gasteiger partial charge in [-0.3, -0.25) is 4.79 Å². The van der Waals surface area contributed by atoms with Gasteiger partial charge in [0.1, 0.15) is 0 Å². The van der Waals surface area contributed by atoms with Crippen molar-refractivity contribution >= 4 is 37.5 Å². The minimum Gasteiger partial charge on any atom is -0.326 e. The molecule has 1 fully saturated rings. The third-order valence-corrected chi connectivity index (χ3v) is 6.97. The number of nitrogens with one attached hydrogen (secondary N) is 1. The van der Waals surface area contributed by atoms with E-state index in [2.05, 4.69) is 21.2 Å². The number of sulfonamides is 1. The minimum absolute atomic E-state index is 0.155. The number of hydrogen-bond acceptors (Lipinski definition) is 3. The highest BCUT2D eigenvalue weighted by molar-refractivity contribution is 9.10. The number of amides is 1. The lowest BCUT2D eigenvalue weighted by atomic mass is 10.0. The lowest BCUT2D eigenvalue weighted by molar-refractivity contribution is -0.117. The summed E-state index contributed by atoms with van der Waals surface area (Å²) in [5.74, 6) is -0.174. The Balaban J connectivity index is 1.72. The molecule has 1 aliphatic heterocycles. The van der Waals surface area contributed by atoms with E-state index in [1.54, 1.807) is 42.5 Å². The van der Waals surface area contributed by atoms with Crippen LogP contribution in [0.1, 0.15) is 25.7 Å². The van der Waals surface area contributed by atoms with Crippen molar-refractivity contribution in [3.05, 3.63) is 59.1 Å². The smallest absolute Gasteiger partial charge is 0.243 e. The van der Waals surface area contributed by atoms with Gasteiger partial charge < -0.3 is 5.32 Å². The molecule has 1 heterocycles. The predicted octanol–water partition coefficient (Wildman–Crippen LogP) is 4.02. The Labute approximate surface area is 162 Å². The first-order valence-corrected chi connectivity index (χ1v) is 10.8. The summed E-state index contributed by atoms with van der Waals surface area (Å²) in [5.41, 5.74) is 0.700. The van der Waals surface area contributed by atoms with Crippen LogP contribution in [0.15, 0.2) is 64.0 Å². The molecule has 1 aliphatic rings. The number of carbonyl (C=O) groups excluding carboxylic acids is 1. The summed E-state index contributed by atoms with van der Waals surface area (Å²) in [6.07, 6.45) is 2.59. The van der Waals surface area contributed by atoms with Gasteiger partial charge in [0, 0.05) is 29.2 Å². The summed E-state index contributed by atoms with van der Waals surface area (Å²) in [6, 6.07) is 15.4. The normalized spacial score (nSPS) is 18.4. The van der Waals surface area contributed by atoms with E-state index in [1.165, 1.54) is 4.31 Å². The van der Waals surface area contributed by atoms with Crippen LogP contribution in [-0.4, -0.2) is 31.2 Å². The molecular weight excluding hydrogens is 416 g/mol. The number of hydrogen-bond donors (Lipinski definition) is 1. The predicted molar refractivity (Wildman–Crippen MR) is 105 cm³/mol. The molecule has 0 unspecified atom stereocenters. The van der Waals surface area contributed by atoms with Crippen LogP contribution >= 0.6 is 15.9 Å². The molecule has 0 saturated carbocycles. The molecule has 2 aromatic rings. The van der Waals surface area contributed by atoms with Crippen LogP contribution in [0.4, 0.5) is 5.69 Å². The fraction of sp³-hybridized carbons (Fsp3) is 0.316. The van der Waals surface area contributed by atoms with Crippen molar-refractivity contribution in [1.82, 2.24) is 4.31 Å². The van der Waals surface area contributed by atoms with Crippen molar-refractivity contribution in [2.24, 2.45) is 0 Å². The maximum Gasteiger partial charge on any atom is 0.243 e. The first-order chi connectivity index (χ1) is 12.5. The Morgan fingerprint density at radius 3 is 2.46 bits per heavy atom. The van der Waals surface area contributed by atoms with E-state index in [-0.39, 0.29) is 23.3 Å². The summed E-state index contributed by atoms with van der Waals surface area (Å²) in [7, 11) is -3.59. The van der Waals surface area contributed by atoms with E-state index in [9.17, 15) is 13.2 Å². The van der Waals surface area contributed by atoms with Crippen molar-refractivity contribution in [2.45, 2.75) is 36.6 Å². The van der Waals surface area contributed by atoms with Crippen LogP contribution in [0.5, 0.6) is 0 Å². The van der Waals surface area contributed by atoms with Gasteiger partial charge in [-0.15, -0.1) is 0 Å². The highest BCUT2D eigenvalue weighted by Crippen LogP contribution is 2.27. The Hall–Kier alpha value is -1.70. The summed E-state index contributed by atoms with van der Waals surface area (Å²) < 4.78 is 28.4. The summed E-state index contributed by atoms with van der Waals surface area (Å²) in [5, 5.41) is 2.85. The minimum atomic E-state index is -3.59. The standard InChI is InChI=1S/C19H21BrN2O3S/c20-15-9-11-16(12-10-15)21-19(23)14-17-6-4-5-13-22(17)26(24,25)18-7-2-1-3-8-18/h1-3,7-12,17H,4-6,13-14H2,(H,21,23)/t17-/m1/s1. The van der Waals surface area contributed by atoms with Crippen molar-refractivity contribution in [3.63, 3.8) is 0 Å². The summed E-state index contributed by atoms with van der Waals surface area (Å²) >= 11 is 3.36. The van der Waals surface area contributed by atoms with E-state index in [1.807, 2.05) is 12.1 Å². The van der Waals surface area contributed by atoms with Gasteiger partial charge in [-0.05, 0) is 49.2 Å². The van der Waals surface area contributed by atoms with Gasteiger partial charge in [-0.2, -0.15) is 4.31 Å². The van der Waals surface area contributed by atoms with Crippen molar-refractivity contribution in [2.75, 3.05) is 11.9 Å². The second-order valence-electron chi connectivity index (χ2n) is 6.34. The zero-order chi connectivity index (χ0) is 18.6. The summed E-state index contributed by atoms with van der Waals surface area (Å²) in [6.45, 7) is 0.452. The molecule has 7 heteroatoms. The van der Waals surface area contributed by atoms with Crippen LogP contribution < -0.4 is 5.32 Å². The average Bonchev–Trinajstić information content (AvgIpc) is 2.64. The van der Waals surface area contributed by atoms with Gasteiger partial charge >= 0.3 is 0 Å². The van der Waals surface area contributed by atoms with E-state index < -0.39 is 10.0 Å². The lowest BCUT2D eigenvalue weighted by Crippen LogP contribution is -2.45. The van der Waals surface area contributed by atoms with Gasteiger partial charge in [0.2, 0.25) is 15.9 Å². The van der Waals surface area contributed by atoms with Crippen LogP contribution in [0.2, 0.25) is 0 Å². The Kier molecular flexibility index (Phi) is 6.11. The number of halogens is 1. The van der Waals surface area contributed by atoms with E-state index in [0.717, 1.165) is 17.3 Å². The monoisotopic (exact) mass is 436 g/mol. The maximum atomic E-state index is 13.0. The fourth-order valence-corrected chi connectivity index (χ4v) is 5.16. The average molecular weight is 437 g/mol. The number of carbonyl (C=O) groups is 1. The first kappa shape index (κ1) is 19.1. The molecule has 1 saturated heterocycles. The van der Waals surface area contributed by atoms with Crippen LogP contribution in [-0.2, 0) is 14.8 Å². The van der Waals surface area contributed by atoms with E-state index >= 15 is 0 Å². The molecule has 2 aromatic carbocycles. The number of benzene rings is 2. The van der Waals surface area contributed by atoms with Gasteiger partial charge in [0.05, 0.1) is 4.90 Å². The highest BCUT2D eigenvalue weighted by atomic mass is 79.9. The topological polar surface area (TPSA) is 66.5 Å². The Morgan fingerprint density at radius 2 is 1.77 bits per heavy atom. The molecule has 0 radical (unpaired) electrons. The maximum absolute atomic E-state index is 13.0. The quantitative estimate of drug-likeness (QED) is 0.769. The molecule has 0 spiro atoms. The van der Waals surface area contributed by atoms with Crippen LogP contribution in [0, 0.1) is 0 Å². The van der Waals surface area contributed by atoms with Gasteiger partial charge in [0.15, 0.2) is 0 Å². The van der Waals surface area contributed by atoms with Gasteiger partial charge in [0.25, 0.3) is 0 Å². The largest absolute Gasteiger partial charge is 0.326 e. The number of nitrogens with zero attached hydrogens (tertiary/aromatic N) is 1. The van der Waals surface area contributed by atoms with E-state index in [4.69, 9.17) is 0 Å². The molecule has 1 amide bonds. The molecule has 5 nitrogen and oxygen atoms in total. The highest BCUT2D eigenvalue weighted by Gasteiger charge is 2.34. The van der Waals surface area contributed by atoms with Crippen LogP contribution in [0.3, 0.4) is 0 Å². The fourth-order valence-electron chi connectivity index (χ4n) is 3.18. The molecule has 0 aliphatic carbocycles. The number of anilines is 1. The Bertz CT molecular complexity index is 854. The third kappa shape index (κ3) is 4.52. The first-order valence-electron chi connectivity index (χ1n) is 8.59. The second kappa shape index (κ2) is 8.33. The SMILES string of the molecule is O=C(C[C@H]1CCCCN1S(=O)(=O)c1ccccc1)Nc1ccc(Br)cc1. The molecule has 26 heavy (non-hydrogen) atoms. The van der Waals surface area contributed by atoms with Crippen molar-refractivity contribution < 1.29 is 13.2 Å². The summed E-state index contributed by atoms with van der Waals surface area (Å²) in [4.78, 5) is 12.7. The molecule has 0 bridgehead atoms. The molecule has 1 N–H and O–H groups in total. The number of rotatable bonds is 5. The Morgan fingerprint density at radius 1 is 1.08 bits per heavy atom. The molecular formula is C19H21BrN2O3S. The van der Waals surface area contributed by atoms with Crippen LogP contribution in [0.25, 0.3) is 0 Å². The van der Waals surface area contributed by atoms with Gasteiger partial charge in [-0.1, -0.05) is 40.5 Å². The zero-order valence-corrected chi connectivity index (χ0v) is 16.7. The van der Waals surface area contributed by atoms with E-state index in [0.29, 0.717) is 18.7 Å². The van der Waals surface area contributed by atoms with Crippen molar-refractivity contribution in [1.29, 1.82) is 0 Å². The lowest BCUT2D eigenvalue weighted by Gasteiger charge is -2.34. The molecule has 0 aromatic heterocycles.